The maximum Gasteiger partial charge on any atom is 0.227 e. The summed E-state index contributed by atoms with van der Waals surface area (Å²) in [5.74, 6) is 0.207. The van der Waals surface area contributed by atoms with Crippen molar-refractivity contribution in [2.24, 2.45) is 0 Å². The average molecular weight is 359 g/mol. The lowest BCUT2D eigenvalue weighted by Crippen LogP contribution is -2.37. The van der Waals surface area contributed by atoms with E-state index in [0.29, 0.717) is 18.5 Å². The molecule has 1 aromatic heterocycles. The number of nitrogens with zero attached hydrogens (tertiary/aromatic N) is 2. The summed E-state index contributed by atoms with van der Waals surface area (Å²) >= 11 is 0. The fraction of sp³-hybridized carbons (Fsp3) is 0.261. The molecule has 1 atom stereocenters. The third kappa shape index (κ3) is 3.23. The second kappa shape index (κ2) is 6.95. The van der Waals surface area contributed by atoms with E-state index in [1.807, 2.05) is 71.2 Å². The van der Waals surface area contributed by atoms with Gasteiger partial charge in [-0.05, 0) is 48.6 Å². The molecule has 1 aliphatic rings. The molecule has 0 bridgehead atoms. The first-order valence-corrected chi connectivity index (χ1v) is 9.43. The van der Waals surface area contributed by atoms with Gasteiger partial charge >= 0.3 is 0 Å². The molecule has 2 aromatic carbocycles. The number of hydrogen-bond donors (Lipinski definition) is 0. The second-order valence-corrected chi connectivity index (χ2v) is 7.18. The Bertz CT molecular complexity index is 1040. The lowest BCUT2D eigenvalue weighted by molar-refractivity contribution is -0.681. The summed E-state index contributed by atoms with van der Waals surface area (Å²) in [7, 11) is 0. The molecule has 4 nitrogen and oxygen atoms in total. The fourth-order valence-electron chi connectivity index (χ4n) is 3.89. The van der Waals surface area contributed by atoms with Gasteiger partial charge in [0.15, 0.2) is 12.4 Å². The van der Waals surface area contributed by atoms with Gasteiger partial charge in [-0.2, -0.15) is 4.57 Å². The van der Waals surface area contributed by atoms with Gasteiger partial charge in [0.05, 0.1) is 0 Å². The van der Waals surface area contributed by atoms with Crippen LogP contribution in [0.3, 0.4) is 0 Å². The van der Waals surface area contributed by atoms with Crippen molar-refractivity contribution in [1.29, 1.82) is 0 Å². The van der Waals surface area contributed by atoms with Crippen LogP contribution in [0, 0.1) is 0 Å². The molecule has 0 saturated carbocycles. The van der Waals surface area contributed by atoms with E-state index >= 15 is 0 Å². The number of carbonyl (C=O) groups is 2. The first-order chi connectivity index (χ1) is 13.1. The molecule has 0 fully saturated rings. The van der Waals surface area contributed by atoms with E-state index in [1.54, 1.807) is 0 Å². The molecule has 0 N–H and O–H groups in total. The average Bonchev–Trinajstić information content (AvgIpc) is 3.02. The highest BCUT2D eigenvalue weighted by Crippen LogP contribution is 2.33. The minimum atomic E-state index is 0.0750. The Morgan fingerprint density at radius 1 is 1.11 bits per heavy atom. The van der Waals surface area contributed by atoms with Crippen LogP contribution in [0.25, 0.3) is 10.8 Å². The molecular weight excluding hydrogens is 336 g/mol. The summed E-state index contributed by atoms with van der Waals surface area (Å²) in [5.41, 5.74) is 2.73. The van der Waals surface area contributed by atoms with E-state index in [4.69, 9.17) is 0 Å². The van der Waals surface area contributed by atoms with E-state index in [-0.39, 0.29) is 17.7 Å². The van der Waals surface area contributed by atoms with Gasteiger partial charge in [-0.1, -0.05) is 25.1 Å². The number of ketones is 1. The van der Waals surface area contributed by atoms with Crippen LogP contribution in [0.15, 0.2) is 60.9 Å². The number of carbonyl (C=O) groups excluding carboxylic acids is 2. The van der Waals surface area contributed by atoms with Crippen LogP contribution in [0.1, 0.15) is 36.2 Å². The van der Waals surface area contributed by atoms with E-state index in [0.717, 1.165) is 28.4 Å². The monoisotopic (exact) mass is 359 g/mol. The van der Waals surface area contributed by atoms with Crippen LogP contribution in [0.5, 0.6) is 0 Å². The van der Waals surface area contributed by atoms with Crippen LogP contribution in [0.4, 0.5) is 5.69 Å². The molecule has 136 valence electrons. The quantitative estimate of drug-likeness (QED) is 0.526. The highest BCUT2D eigenvalue weighted by atomic mass is 16.2. The van der Waals surface area contributed by atoms with Crippen LogP contribution >= 0.6 is 0 Å². The van der Waals surface area contributed by atoms with Crippen molar-refractivity contribution in [1.82, 2.24) is 0 Å². The molecule has 0 spiro atoms. The Morgan fingerprint density at radius 2 is 1.89 bits per heavy atom. The predicted octanol–water partition coefficient (Wildman–Crippen LogP) is 3.70. The molecule has 27 heavy (non-hydrogen) atoms. The van der Waals surface area contributed by atoms with Crippen molar-refractivity contribution >= 4 is 28.2 Å². The fourth-order valence-corrected chi connectivity index (χ4v) is 3.89. The molecule has 4 rings (SSSR count). The zero-order valence-electron chi connectivity index (χ0n) is 15.7. The third-order valence-corrected chi connectivity index (χ3v) is 5.26. The number of amides is 1. The summed E-state index contributed by atoms with van der Waals surface area (Å²) in [6.45, 7) is 4.24. The van der Waals surface area contributed by atoms with Gasteiger partial charge in [-0.25, -0.2) is 0 Å². The van der Waals surface area contributed by atoms with E-state index in [9.17, 15) is 9.59 Å². The predicted molar refractivity (Wildman–Crippen MR) is 106 cm³/mol. The maximum absolute atomic E-state index is 12.8. The number of anilines is 1. The van der Waals surface area contributed by atoms with E-state index < -0.39 is 0 Å². The van der Waals surface area contributed by atoms with Gasteiger partial charge in [0.1, 0.15) is 0 Å². The highest BCUT2D eigenvalue weighted by Gasteiger charge is 2.30. The zero-order chi connectivity index (χ0) is 19.0. The molecule has 3 aromatic rings. The minimum absolute atomic E-state index is 0.0750. The van der Waals surface area contributed by atoms with E-state index in [1.165, 1.54) is 0 Å². The van der Waals surface area contributed by atoms with Crippen molar-refractivity contribution in [3.8, 4) is 0 Å². The van der Waals surface area contributed by atoms with Crippen LogP contribution < -0.4 is 9.47 Å². The van der Waals surface area contributed by atoms with E-state index in [2.05, 4.69) is 13.0 Å². The third-order valence-electron chi connectivity index (χ3n) is 5.26. The van der Waals surface area contributed by atoms with Gasteiger partial charge in [0.25, 0.3) is 0 Å². The highest BCUT2D eigenvalue weighted by molar-refractivity contribution is 5.99. The number of pyridine rings is 1. The Labute approximate surface area is 159 Å². The normalized spacial score (nSPS) is 15.8. The molecule has 0 aliphatic carbocycles. The minimum Gasteiger partial charge on any atom is -0.309 e. The van der Waals surface area contributed by atoms with Crippen LogP contribution in [-0.4, -0.2) is 17.7 Å². The van der Waals surface area contributed by atoms with Gasteiger partial charge < -0.3 is 4.90 Å². The molecule has 0 radical (unpaired) electrons. The number of Topliss-reactive ketones (excluding diaryl/α,β-unsaturated/α-hetero) is 1. The number of rotatable bonds is 4. The summed E-state index contributed by atoms with van der Waals surface area (Å²) in [5, 5.41) is 2.28. The molecule has 0 saturated heterocycles. The topological polar surface area (TPSA) is 41.3 Å². The van der Waals surface area contributed by atoms with Crippen molar-refractivity contribution in [2.75, 3.05) is 4.90 Å². The Hall–Kier alpha value is -3.01. The molecular formula is C23H23N2O2+. The summed E-state index contributed by atoms with van der Waals surface area (Å²) in [4.78, 5) is 26.9. The van der Waals surface area contributed by atoms with Crippen molar-refractivity contribution in [3.63, 3.8) is 0 Å². The number of fused-ring (bicyclic) bond motifs is 2. The maximum atomic E-state index is 12.8. The number of benzene rings is 2. The standard InChI is InChI=1S/C23H23N2O2/c1-3-23(27)25-16(2)12-20-13-18(8-9-21(20)25)22(26)15-24-11-10-17-6-4-5-7-19(17)14-24/h4-11,13-14,16H,3,12,15H2,1-2H3/q+1. The van der Waals surface area contributed by atoms with Crippen molar-refractivity contribution in [2.45, 2.75) is 39.3 Å². The molecule has 2 heterocycles. The largest absolute Gasteiger partial charge is 0.309 e. The molecule has 1 amide bonds. The summed E-state index contributed by atoms with van der Waals surface area (Å²) < 4.78 is 1.92. The Morgan fingerprint density at radius 3 is 2.67 bits per heavy atom. The van der Waals surface area contributed by atoms with Gasteiger partial charge in [0, 0.05) is 35.2 Å². The summed E-state index contributed by atoms with van der Waals surface area (Å²) in [6.07, 6.45) is 5.23. The van der Waals surface area contributed by atoms with Gasteiger partial charge in [-0.3, -0.25) is 9.59 Å². The lowest BCUT2D eigenvalue weighted by Gasteiger charge is -2.22. The summed E-state index contributed by atoms with van der Waals surface area (Å²) in [6, 6.07) is 16.0. The van der Waals surface area contributed by atoms with Crippen LogP contribution in [0.2, 0.25) is 0 Å². The molecule has 1 unspecified atom stereocenters. The molecule has 1 aliphatic heterocycles. The van der Waals surface area contributed by atoms with Gasteiger partial charge in [-0.15, -0.1) is 0 Å². The van der Waals surface area contributed by atoms with Crippen LogP contribution in [-0.2, 0) is 17.8 Å². The number of aromatic nitrogens is 1. The zero-order valence-corrected chi connectivity index (χ0v) is 15.7. The van der Waals surface area contributed by atoms with Crippen molar-refractivity contribution < 1.29 is 14.2 Å². The SMILES string of the molecule is CCC(=O)N1c2ccc(C(=O)C[n+]3ccc4ccccc4c3)cc2CC1C. The molecule has 4 heteroatoms. The first kappa shape index (κ1) is 17.4. The Balaban J connectivity index is 1.58. The number of hydrogen-bond acceptors (Lipinski definition) is 2. The smallest absolute Gasteiger partial charge is 0.227 e. The first-order valence-electron chi connectivity index (χ1n) is 9.43. The second-order valence-electron chi connectivity index (χ2n) is 7.18. The lowest BCUT2D eigenvalue weighted by atomic mass is 10.0. The van der Waals surface area contributed by atoms with Gasteiger partial charge in [0.2, 0.25) is 18.2 Å². The van der Waals surface area contributed by atoms with Crippen molar-refractivity contribution in [3.05, 3.63) is 72.1 Å². The Kier molecular flexibility index (Phi) is 4.48.